The summed E-state index contributed by atoms with van der Waals surface area (Å²) in [5.74, 6) is 1.70. The average Bonchev–Trinajstić information content (AvgIpc) is 3.23. The van der Waals surface area contributed by atoms with Gasteiger partial charge in [-0.15, -0.1) is 0 Å². The third kappa shape index (κ3) is 4.15. The van der Waals surface area contributed by atoms with E-state index in [2.05, 4.69) is 36.6 Å². The van der Waals surface area contributed by atoms with Crippen molar-refractivity contribution in [2.75, 3.05) is 17.7 Å². The maximum absolute atomic E-state index is 6.06. The summed E-state index contributed by atoms with van der Waals surface area (Å²) in [6.45, 7) is 0. The van der Waals surface area contributed by atoms with Crippen LogP contribution in [0.25, 0.3) is 21.5 Å². The molecule has 5 rings (SSSR count). The van der Waals surface area contributed by atoms with E-state index >= 15 is 0 Å². The second-order valence-corrected chi connectivity index (χ2v) is 7.64. The Morgan fingerprint density at radius 3 is 2.55 bits per heavy atom. The number of fused-ring (bicyclic) bond motifs is 1. The molecule has 152 valence electrons. The smallest absolute Gasteiger partial charge is 0.228 e. The van der Waals surface area contributed by atoms with Crippen molar-refractivity contribution in [3.05, 3.63) is 79.1 Å². The molecule has 0 aliphatic rings. The first-order valence-electron chi connectivity index (χ1n) is 9.65. The van der Waals surface area contributed by atoms with Crippen molar-refractivity contribution < 1.29 is 4.74 Å². The number of para-hydroxylation sites is 1. The first kappa shape index (κ1) is 19.0. The van der Waals surface area contributed by atoms with E-state index in [4.69, 9.17) is 4.74 Å². The highest BCUT2D eigenvalue weighted by Crippen LogP contribution is 2.32. The fraction of sp³-hybridized carbons (Fsp3) is 0.0435. The molecule has 5 aromatic rings. The summed E-state index contributed by atoms with van der Waals surface area (Å²) in [6, 6.07) is 21.4. The fourth-order valence-electron chi connectivity index (χ4n) is 3.06. The predicted molar refractivity (Wildman–Crippen MR) is 124 cm³/mol. The van der Waals surface area contributed by atoms with E-state index in [9.17, 15) is 0 Å². The van der Waals surface area contributed by atoms with Gasteiger partial charge in [-0.05, 0) is 54.6 Å². The highest BCUT2D eigenvalue weighted by molar-refractivity contribution is 7.22. The summed E-state index contributed by atoms with van der Waals surface area (Å²) in [5.41, 5.74) is 3.44. The van der Waals surface area contributed by atoms with E-state index in [1.54, 1.807) is 30.8 Å². The summed E-state index contributed by atoms with van der Waals surface area (Å²) < 4.78 is 7.21. The minimum absolute atomic E-state index is 0.482. The van der Waals surface area contributed by atoms with Crippen LogP contribution >= 0.6 is 11.3 Å². The lowest BCUT2D eigenvalue weighted by molar-refractivity contribution is 0.465. The van der Waals surface area contributed by atoms with Crippen LogP contribution in [0, 0.1) is 0 Å². The van der Waals surface area contributed by atoms with Gasteiger partial charge in [0.25, 0.3) is 0 Å². The number of anilines is 3. The summed E-state index contributed by atoms with van der Waals surface area (Å²) in [5, 5.41) is 7.15. The van der Waals surface area contributed by atoms with Crippen molar-refractivity contribution in [1.82, 2.24) is 19.9 Å². The Balaban J connectivity index is 1.35. The van der Waals surface area contributed by atoms with Crippen LogP contribution in [-0.4, -0.2) is 27.0 Å². The van der Waals surface area contributed by atoms with E-state index in [-0.39, 0.29) is 0 Å². The zero-order chi connectivity index (χ0) is 21.0. The molecule has 8 heteroatoms. The molecule has 0 unspecified atom stereocenters. The van der Waals surface area contributed by atoms with Crippen molar-refractivity contribution >= 4 is 38.3 Å². The van der Waals surface area contributed by atoms with Gasteiger partial charge in [-0.3, -0.25) is 0 Å². The lowest BCUT2D eigenvalue weighted by Crippen LogP contribution is -1.98. The van der Waals surface area contributed by atoms with Crippen LogP contribution in [0.1, 0.15) is 0 Å². The van der Waals surface area contributed by atoms with Gasteiger partial charge >= 0.3 is 0 Å². The largest absolute Gasteiger partial charge is 0.438 e. The van der Waals surface area contributed by atoms with E-state index in [0.29, 0.717) is 17.6 Å². The van der Waals surface area contributed by atoms with E-state index in [1.807, 2.05) is 60.7 Å². The van der Waals surface area contributed by atoms with Gasteiger partial charge < -0.3 is 15.4 Å². The molecule has 0 amide bonds. The molecule has 0 saturated carbocycles. The first-order chi connectivity index (χ1) is 15.3. The minimum atomic E-state index is 0.482. The number of nitrogens with zero attached hydrogens (tertiary/aromatic N) is 4. The van der Waals surface area contributed by atoms with Gasteiger partial charge in [-0.1, -0.05) is 23.5 Å². The summed E-state index contributed by atoms with van der Waals surface area (Å²) >= 11 is 1.62. The molecule has 0 radical (unpaired) electrons. The molecule has 0 spiro atoms. The Kier molecular flexibility index (Phi) is 5.12. The van der Waals surface area contributed by atoms with Crippen LogP contribution in [0.15, 0.2) is 79.1 Å². The molecule has 3 aromatic heterocycles. The maximum atomic E-state index is 6.06. The highest BCUT2D eigenvalue weighted by atomic mass is 32.1. The summed E-state index contributed by atoms with van der Waals surface area (Å²) in [6.07, 6.45) is 3.40. The molecule has 7 nitrogen and oxygen atoms in total. The molecule has 0 saturated heterocycles. The number of aromatic nitrogens is 4. The third-order valence-corrected chi connectivity index (χ3v) is 5.49. The second-order valence-electron chi connectivity index (χ2n) is 6.61. The van der Waals surface area contributed by atoms with Crippen LogP contribution < -0.4 is 15.4 Å². The normalized spacial score (nSPS) is 10.7. The van der Waals surface area contributed by atoms with Gasteiger partial charge in [0, 0.05) is 25.1 Å². The number of pyridine rings is 1. The van der Waals surface area contributed by atoms with Crippen molar-refractivity contribution in [3.63, 3.8) is 0 Å². The third-order valence-electron chi connectivity index (χ3n) is 4.54. The Morgan fingerprint density at radius 2 is 1.71 bits per heavy atom. The molecule has 2 aromatic carbocycles. The monoisotopic (exact) mass is 426 g/mol. The van der Waals surface area contributed by atoms with E-state index in [0.717, 1.165) is 32.3 Å². The Hall–Kier alpha value is -4.04. The van der Waals surface area contributed by atoms with Gasteiger partial charge in [-0.25, -0.2) is 19.9 Å². The maximum Gasteiger partial charge on any atom is 0.228 e. The topological polar surface area (TPSA) is 84.9 Å². The fourth-order valence-corrected chi connectivity index (χ4v) is 3.95. The molecule has 0 fully saturated rings. The zero-order valence-electron chi connectivity index (χ0n) is 16.6. The first-order valence-corrected chi connectivity index (χ1v) is 10.5. The van der Waals surface area contributed by atoms with Crippen molar-refractivity contribution in [2.24, 2.45) is 0 Å². The van der Waals surface area contributed by atoms with Crippen molar-refractivity contribution in [1.29, 1.82) is 0 Å². The van der Waals surface area contributed by atoms with E-state index in [1.165, 1.54) is 0 Å². The van der Waals surface area contributed by atoms with Gasteiger partial charge in [0.05, 0.1) is 21.5 Å². The van der Waals surface area contributed by atoms with Crippen LogP contribution in [0.2, 0.25) is 0 Å². The number of nitrogens with one attached hydrogen (secondary N) is 2. The number of rotatable bonds is 6. The Bertz CT molecular complexity index is 1300. The second kappa shape index (κ2) is 8.37. The van der Waals surface area contributed by atoms with Crippen molar-refractivity contribution in [2.45, 2.75) is 0 Å². The molecule has 31 heavy (non-hydrogen) atoms. The van der Waals surface area contributed by atoms with Crippen LogP contribution in [-0.2, 0) is 0 Å². The summed E-state index contributed by atoms with van der Waals surface area (Å²) in [4.78, 5) is 17.6. The van der Waals surface area contributed by atoms with Gasteiger partial charge in [-0.2, -0.15) is 0 Å². The standard InChI is InChI=1S/C23H18N6OS/c1-24-22-26-14-12-18(28-22)17-5-4-13-25-21(17)30-16-10-8-15(9-11-16)27-23-29-19-6-2-3-7-20(19)31-23/h2-14H,1H3,(H,27,29)(H,24,26,28). The quantitative estimate of drug-likeness (QED) is 0.359. The Morgan fingerprint density at radius 1 is 0.839 bits per heavy atom. The Labute approximate surface area is 182 Å². The number of thiazole rings is 1. The van der Waals surface area contributed by atoms with Gasteiger partial charge in [0.2, 0.25) is 11.8 Å². The lowest BCUT2D eigenvalue weighted by Gasteiger charge is -2.11. The molecule has 0 aliphatic heterocycles. The SMILES string of the molecule is CNc1nccc(-c2cccnc2Oc2ccc(Nc3nc4ccccc4s3)cc2)n1. The van der Waals surface area contributed by atoms with E-state index < -0.39 is 0 Å². The predicted octanol–water partition coefficient (Wildman–Crippen LogP) is 5.73. The highest BCUT2D eigenvalue weighted by Gasteiger charge is 2.11. The zero-order valence-corrected chi connectivity index (χ0v) is 17.4. The number of ether oxygens (including phenoxy) is 1. The molecule has 0 atom stereocenters. The van der Waals surface area contributed by atoms with Crippen molar-refractivity contribution in [3.8, 4) is 22.9 Å². The number of hydrogen-bond donors (Lipinski definition) is 2. The summed E-state index contributed by atoms with van der Waals surface area (Å²) in [7, 11) is 1.78. The molecule has 0 bridgehead atoms. The molecule has 2 N–H and O–H groups in total. The molecular weight excluding hydrogens is 408 g/mol. The van der Waals surface area contributed by atoms with Crippen LogP contribution in [0.3, 0.4) is 0 Å². The number of hydrogen-bond acceptors (Lipinski definition) is 8. The van der Waals surface area contributed by atoms with Crippen LogP contribution in [0.5, 0.6) is 11.6 Å². The van der Waals surface area contributed by atoms with Gasteiger partial charge in [0.1, 0.15) is 5.75 Å². The van der Waals surface area contributed by atoms with Crippen LogP contribution in [0.4, 0.5) is 16.8 Å². The molecular formula is C23H18N6OS. The van der Waals surface area contributed by atoms with Gasteiger partial charge in [0.15, 0.2) is 5.13 Å². The lowest BCUT2D eigenvalue weighted by atomic mass is 10.2. The molecule has 0 aliphatic carbocycles. The molecule has 3 heterocycles. The number of benzene rings is 2. The average molecular weight is 427 g/mol. The minimum Gasteiger partial charge on any atom is -0.438 e.